The number of ether oxygens (including phenoxy) is 1. The van der Waals surface area contributed by atoms with Crippen LogP contribution in [0.5, 0.6) is 11.5 Å². The van der Waals surface area contributed by atoms with E-state index in [1.807, 2.05) is 54.6 Å². The normalized spacial score (nSPS) is 12.1. The van der Waals surface area contributed by atoms with E-state index in [2.05, 4.69) is 122 Å². The Morgan fingerprint density at radius 1 is 0.444 bits per heavy atom. The van der Waals surface area contributed by atoms with Gasteiger partial charge in [-0.25, -0.2) is 0 Å². The molecule has 0 saturated carbocycles. The predicted molar refractivity (Wildman–Crippen MR) is 182 cm³/mol. The summed E-state index contributed by atoms with van der Waals surface area (Å²) in [5.74, 6) is 3.29. The van der Waals surface area contributed by atoms with Crippen LogP contribution in [0.15, 0.2) is 146 Å². The van der Waals surface area contributed by atoms with Gasteiger partial charge in [0.2, 0.25) is 0 Å². The van der Waals surface area contributed by atoms with Crippen LogP contribution in [-0.2, 0) is 0 Å². The van der Waals surface area contributed by atoms with E-state index in [9.17, 15) is 0 Å². The molecule has 1 aliphatic heterocycles. The third kappa shape index (κ3) is 4.09. The molecule has 0 saturated heterocycles. The van der Waals surface area contributed by atoms with Gasteiger partial charge in [0.15, 0.2) is 17.4 Å². The Kier molecular flexibility index (Phi) is 5.74. The summed E-state index contributed by atoms with van der Waals surface area (Å²) >= 11 is 0. The molecule has 3 heterocycles. The van der Waals surface area contributed by atoms with Crippen molar-refractivity contribution in [3.8, 4) is 45.6 Å². The molecule has 1 aliphatic rings. The van der Waals surface area contributed by atoms with Gasteiger partial charge >= 0.3 is 0 Å². The molecule has 2 aromatic heterocycles. The first-order valence-corrected chi connectivity index (χ1v) is 15.0. The summed E-state index contributed by atoms with van der Waals surface area (Å²) in [6.45, 7) is 0. The van der Waals surface area contributed by atoms with Crippen LogP contribution >= 0.6 is 0 Å². The molecule has 8 aromatic rings. The zero-order valence-electron chi connectivity index (χ0n) is 24.2. The molecule has 45 heavy (non-hydrogen) atoms. The molecule has 0 radical (unpaired) electrons. The number of benzene rings is 6. The first kappa shape index (κ1) is 25.3. The first-order valence-electron chi connectivity index (χ1n) is 15.0. The molecule has 0 amide bonds. The first-order chi connectivity index (χ1) is 22.3. The Labute approximate surface area is 259 Å². The monoisotopic (exact) mass is 578 g/mol. The Morgan fingerprint density at radius 2 is 1.02 bits per heavy atom. The molecule has 0 spiro atoms. The van der Waals surface area contributed by atoms with Gasteiger partial charge in [0, 0.05) is 44.4 Å². The van der Waals surface area contributed by atoms with Gasteiger partial charge in [-0.3, -0.25) is 4.57 Å². The highest BCUT2D eigenvalue weighted by Gasteiger charge is 2.22. The summed E-state index contributed by atoms with van der Waals surface area (Å²) < 4.78 is 11.2. The van der Waals surface area contributed by atoms with Gasteiger partial charge < -0.3 is 9.30 Å². The second kappa shape index (κ2) is 10.2. The fraction of sp³-hybridized carbons (Fsp3) is 0. The molecule has 212 valence electrons. The maximum absolute atomic E-state index is 6.72. The molecule has 5 nitrogen and oxygen atoms in total. The average molecular weight is 579 g/mol. The molecule has 0 aliphatic carbocycles. The molecule has 0 N–H and O–H groups in total. The highest BCUT2D eigenvalue weighted by molar-refractivity contribution is 6.12. The fourth-order valence-corrected chi connectivity index (χ4v) is 6.38. The molecule has 0 unspecified atom stereocenters. The van der Waals surface area contributed by atoms with Crippen LogP contribution in [0.25, 0.3) is 68.1 Å². The smallest absolute Gasteiger partial charge is 0.168 e. The van der Waals surface area contributed by atoms with E-state index >= 15 is 0 Å². The second-order valence-electron chi connectivity index (χ2n) is 11.1. The lowest BCUT2D eigenvalue weighted by atomic mass is 10.1. The Balaban J connectivity index is 1.25. The third-order valence-corrected chi connectivity index (χ3v) is 8.49. The van der Waals surface area contributed by atoms with Crippen LogP contribution in [0.3, 0.4) is 0 Å². The number of nitrogens with zero attached hydrogens (tertiary/aromatic N) is 4. The molecule has 0 atom stereocenters. The molecule has 6 aromatic carbocycles. The van der Waals surface area contributed by atoms with Gasteiger partial charge in [-0.05, 0) is 36.4 Å². The maximum atomic E-state index is 6.72. The van der Waals surface area contributed by atoms with Crippen molar-refractivity contribution in [2.45, 2.75) is 0 Å². The van der Waals surface area contributed by atoms with Crippen molar-refractivity contribution in [3.63, 3.8) is 0 Å². The van der Waals surface area contributed by atoms with E-state index in [1.54, 1.807) is 0 Å². The molecule has 0 bridgehead atoms. The lowest BCUT2D eigenvalue weighted by molar-refractivity contribution is 0.485. The quantitative estimate of drug-likeness (QED) is 0.209. The SMILES string of the molecule is C1=Cc2ccc3c4ccccc4n(-c4ccc(-n5c(-c6ccccc6)nnc5-c5ccccc5)cc4)c3c2Oc2ccccc21. The van der Waals surface area contributed by atoms with Crippen molar-refractivity contribution in [1.82, 2.24) is 19.3 Å². The van der Waals surface area contributed by atoms with E-state index in [1.165, 1.54) is 5.39 Å². The summed E-state index contributed by atoms with van der Waals surface area (Å²) in [7, 11) is 0. The number of hydrogen-bond acceptors (Lipinski definition) is 3. The Morgan fingerprint density at radius 3 is 1.73 bits per heavy atom. The summed E-state index contributed by atoms with van der Waals surface area (Å²) in [4.78, 5) is 0. The predicted octanol–water partition coefficient (Wildman–Crippen LogP) is 9.97. The Bertz CT molecular complexity index is 2330. The van der Waals surface area contributed by atoms with Crippen molar-refractivity contribution < 1.29 is 4.74 Å². The standard InChI is InChI=1S/C40H26N4O/c1-3-12-29(13-4-1)39-41-42-40(30-14-5-2-6-15-30)44(39)32-24-22-31(23-25-32)43-35-17-9-8-16-33(35)34-26-21-28-20-19-27-11-7-10-18-36(27)45-38(28)37(34)43/h1-26H. The maximum Gasteiger partial charge on any atom is 0.168 e. The van der Waals surface area contributed by atoms with E-state index in [0.29, 0.717) is 0 Å². The Hall–Kier alpha value is -6.20. The number of rotatable bonds is 4. The van der Waals surface area contributed by atoms with Gasteiger partial charge in [-0.15, -0.1) is 10.2 Å². The number of fused-ring (bicyclic) bond motifs is 6. The van der Waals surface area contributed by atoms with Crippen molar-refractivity contribution in [1.29, 1.82) is 0 Å². The molecule has 9 rings (SSSR count). The summed E-state index contributed by atoms with van der Waals surface area (Å²) in [5, 5.41) is 11.6. The summed E-state index contributed by atoms with van der Waals surface area (Å²) in [6.07, 6.45) is 4.27. The third-order valence-electron chi connectivity index (χ3n) is 8.49. The lowest BCUT2D eigenvalue weighted by Gasteiger charge is -2.15. The van der Waals surface area contributed by atoms with Crippen LogP contribution in [0.2, 0.25) is 0 Å². The van der Waals surface area contributed by atoms with Crippen LogP contribution < -0.4 is 4.74 Å². The van der Waals surface area contributed by atoms with Crippen molar-refractivity contribution in [2.75, 3.05) is 0 Å². The van der Waals surface area contributed by atoms with E-state index in [4.69, 9.17) is 4.74 Å². The largest absolute Gasteiger partial charge is 0.454 e. The highest BCUT2D eigenvalue weighted by Crippen LogP contribution is 2.44. The van der Waals surface area contributed by atoms with Gasteiger partial charge in [0.1, 0.15) is 5.75 Å². The molecule has 0 fully saturated rings. The summed E-state index contributed by atoms with van der Waals surface area (Å²) in [5.41, 5.74) is 8.31. The van der Waals surface area contributed by atoms with E-state index in [0.717, 1.165) is 73.2 Å². The molecular weight excluding hydrogens is 552 g/mol. The minimum Gasteiger partial charge on any atom is -0.454 e. The van der Waals surface area contributed by atoms with Crippen molar-refractivity contribution in [2.24, 2.45) is 0 Å². The minimum absolute atomic E-state index is 0.795. The van der Waals surface area contributed by atoms with Gasteiger partial charge in [-0.1, -0.05) is 121 Å². The van der Waals surface area contributed by atoms with Crippen LogP contribution in [0.4, 0.5) is 0 Å². The minimum atomic E-state index is 0.795. The number of aromatic nitrogens is 4. The van der Waals surface area contributed by atoms with Gasteiger partial charge in [-0.2, -0.15) is 0 Å². The van der Waals surface area contributed by atoms with Crippen molar-refractivity contribution in [3.05, 3.63) is 157 Å². The number of para-hydroxylation sites is 2. The summed E-state index contributed by atoms with van der Waals surface area (Å²) in [6, 6.07) is 50.2. The van der Waals surface area contributed by atoms with E-state index < -0.39 is 0 Å². The topological polar surface area (TPSA) is 44.9 Å². The second-order valence-corrected chi connectivity index (χ2v) is 11.1. The van der Waals surface area contributed by atoms with E-state index in [-0.39, 0.29) is 0 Å². The lowest BCUT2D eigenvalue weighted by Crippen LogP contribution is -2.02. The number of hydrogen-bond donors (Lipinski definition) is 0. The fourth-order valence-electron chi connectivity index (χ4n) is 6.38. The highest BCUT2D eigenvalue weighted by atomic mass is 16.5. The van der Waals surface area contributed by atoms with Gasteiger partial charge in [0.25, 0.3) is 0 Å². The van der Waals surface area contributed by atoms with Gasteiger partial charge in [0.05, 0.1) is 11.0 Å². The zero-order valence-corrected chi connectivity index (χ0v) is 24.2. The van der Waals surface area contributed by atoms with Crippen LogP contribution in [0.1, 0.15) is 11.1 Å². The van der Waals surface area contributed by atoms with Crippen molar-refractivity contribution >= 4 is 34.0 Å². The molecular formula is C40H26N4O. The average Bonchev–Trinajstić information content (AvgIpc) is 3.64. The zero-order chi connectivity index (χ0) is 29.7. The van der Waals surface area contributed by atoms with Crippen LogP contribution in [-0.4, -0.2) is 19.3 Å². The van der Waals surface area contributed by atoms with Crippen LogP contribution in [0, 0.1) is 0 Å². The molecule has 5 heteroatoms.